The summed E-state index contributed by atoms with van der Waals surface area (Å²) in [5, 5.41) is 37.6. The first-order chi connectivity index (χ1) is 40.8. The number of aliphatic hydroxyl groups excluding tert-OH is 1. The van der Waals surface area contributed by atoms with Crippen LogP contribution < -0.4 is 22.1 Å². The number of carboxylic acid groups (broad SMARTS) is 1. The van der Waals surface area contributed by atoms with Gasteiger partial charge in [-0.05, 0) is 37.1 Å². The van der Waals surface area contributed by atoms with Crippen molar-refractivity contribution in [1.29, 1.82) is 0 Å². The van der Waals surface area contributed by atoms with Crippen molar-refractivity contribution in [1.82, 2.24) is 50.4 Å². The molecule has 2 aromatic carbocycles. The van der Waals surface area contributed by atoms with Crippen molar-refractivity contribution in [3.63, 3.8) is 0 Å². The lowest BCUT2D eigenvalue weighted by Crippen LogP contribution is -2.50. The molecule has 9 aromatic rings. The molecule has 8 N–H and O–H groups in total. The SMILES string of the molecule is Cc1ccc(C[C@@H]2NC(=O)c3csc(n3)[C@H]([C@H](OCC(=O)O)c3ccccc3)CC(=O)c3nc(sc3C)[C@H](CC(N)=O)NC(=O)c3csc(n3)-c3ccc(-c4nc(C(N)=O)cs4)nc3-c3csc(n3)-c3csc(n3)[C@@H]3[C@@H](C)[C@@H](O)CN3C2=O)cc1. The molecule has 2 aliphatic heterocycles. The Morgan fingerprint density at radius 1 is 0.694 bits per heavy atom. The summed E-state index contributed by atoms with van der Waals surface area (Å²) in [6.07, 6.45) is -2.77. The topological polar surface area (TPSA) is 339 Å². The van der Waals surface area contributed by atoms with Crippen LogP contribution in [0.3, 0.4) is 0 Å². The first-order valence-electron chi connectivity index (χ1n) is 26.3. The predicted octanol–water partition coefficient (Wildman–Crippen LogP) is 7.98. The number of nitrogens with zero attached hydrogens (tertiary/aromatic N) is 8. The summed E-state index contributed by atoms with van der Waals surface area (Å²) >= 11 is 7.00. The summed E-state index contributed by atoms with van der Waals surface area (Å²) in [5.74, 6) is -6.67. The number of hydrogen-bond acceptors (Lipinski definition) is 22. The van der Waals surface area contributed by atoms with Crippen molar-refractivity contribution in [2.24, 2.45) is 17.4 Å². The van der Waals surface area contributed by atoms with E-state index in [9.17, 15) is 39.0 Å². The lowest BCUT2D eigenvalue weighted by molar-refractivity contribution is -0.145. The van der Waals surface area contributed by atoms with Gasteiger partial charge in [-0.1, -0.05) is 67.1 Å². The van der Waals surface area contributed by atoms with E-state index in [4.69, 9.17) is 46.1 Å². The number of aryl methyl sites for hydroxylation is 2. The number of pyridine rings is 1. The van der Waals surface area contributed by atoms with Crippen molar-refractivity contribution >= 4 is 109 Å². The van der Waals surface area contributed by atoms with E-state index in [0.717, 1.165) is 45.1 Å². The molecule has 0 unspecified atom stereocenters. The Bertz CT molecular complexity index is 4040. The largest absolute Gasteiger partial charge is 0.480 e. The van der Waals surface area contributed by atoms with Gasteiger partial charge >= 0.3 is 5.97 Å². The average Bonchev–Trinajstić information content (AvgIpc) is 3.41. The number of nitrogens with one attached hydrogen (secondary N) is 2. The molecule has 2 aliphatic rings. The number of aliphatic carboxylic acids is 1. The van der Waals surface area contributed by atoms with E-state index in [-0.39, 0.29) is 52.2 Å². The highest BCUT2D eigenvalue weighted by molar-refractivity contribution is 7.15. The Labute approximate surface area is 508 Å². The van der Waals surface area contributed by atoms with Gasteiger partial charge in [0.15, 0.2) is 5.78 Å². The lowest BCUT2D eigenvalue weighted by Gasteiger charge is -2.29. The van der Waals surface area contributed by atoms with E-state index < -0.39 is 96.5 Å². The van der Waals surface area contributed by atoms with Gasteiger partial charge in [0.1, 0.15) is 77.5 Å². The number of carbonyl (C=O) groups excluding carboxylic acids is 6. The van der Waals surface area contributed by atoms with Gasteiger partial charge < -0.3 is 42.0 Å². The van der Waals surface area contributed by atoms with E-state index in [0.29, 0.717) is 58.8 Å². The van der Waals surface area contributed by atoms with Crippen molar-refractivity contribution in [3.8, 4) is 43.4 Å². The second-order valence-corrected chi connectivity index (χ2v) is 25.8. The fourth-order valence-electron chi connectivity index (χ4n) is 10.0. The zero-order valence-corrected chi connectivity index (χ0v) is 50.1. The summed E-state index contributed by atoms with van der Waals surface area (Å²) in [5.41, 5.74) is 15.6. The van der Waals surface area contributed by atoms with Crippen LogP contribution in [0.5, 0.6) is 0 Å². The number of thiazole rings is 6. The third-order valence-electron chi connectivity index (χ3n) is 14.3. The van der Waals surface area contributed by atoms with E-state index in [1.165, 1.54) is 50.2 Å². The van der Waals surface area contributed by atoms with Crippen molar-refractivity contribution in [2.75, 3.05) is 13.2 Å². The van der Waals surface area contributed by atoms with E-state index in [1.807, 2.05) is 43.5 Å². The van der Waals surface area contributed by atoms with E-state index in [1.54, 1.807) is 59.7 Å². The molecule has 28 heteroatoms. The first kappa shape index (κ1) is 58.5. The fraction of sp³-hybridized carbons (Fsp3) is 0.263. The summed E-state index contributed by atoms with van der Waals surface area (Å²) in [6.45, 7) is 4.61. The highest BCUT2D eigenvalue weighted by atomic mass is 32.1. The number of aromatic nitrogens is 7. The summed E-state index contributed by atoms with van der Waals surface area (Å²) in [6, 6.07) is 16.6. The monoisotopic (exact) mass is 1250 g/mol. The number of carboxylic acids is 1. The molecule has 0 aliphatic carbocycles. The minimum absolute atomic E-state index is 0.00328. The normalized spacial score (nSPS) is 19.6. The molecule has 1 saturated heterocycles. The second kappa shape index (κ2) is 24.8. The van der Waals surface area contributed by atoms with Crippen LogP contribution in [0, 0.1) is 19.8 Å². The second-order valence-electron chi connectivity index (χ2n) is 20.2. The Morgan fingerprint density at radius 2 is 1.34 bits per heavy atom. The molecule has 0 saturated carbocycles. The summed E-state index contributed by atoms with van der Waals surface area (Å²) in [4.78, 5) is 132. The van der Waals surface area contributed by atoms with E-state index >= 15 is 4.79 Å². The molecule has 9 heterocycles. The molecular formula is C57H50N12O10S6. The summed E-state index contributed by atoms with van der Waals surface area (Å²) < 4.78 is 6.09. The Morgan fingerprint density at radius 3 is 2.07 bits per heavy atom. The van der Waals surface area contributed by atoms with Crippen LogP contribution in [-0.4, -0.2) is 117 Å². The fourth-order valence-corrected chi connectivity index (χ4v) is 15.4. The predicted molar refractivity (Wildman–Crippen MR) is 320 cm³/mol. The number of ketones is 1. The maximum atomic E-state index is 15.3. The van der Waals surface area contributed by atoms with Crippen molar-refractivity contribution < 1.29 is 48.5 Å². The van der Waals surface area contributed by atoms with Crippen molar-refractivity contribution in [2.45, 2.75) is 76.3 Å². The lowest BCUT2D eigenvalue weighted by atomic mass is 9.90. The number of aliphatic hydroxyl groups is 1. The van der Waals surface area contributed by atoms with Gasteiger partial charge in [0, 0.05) is 68.6 Å². The van der Waals surface area contributed by atoms with Crippen LogP contribution in [0.15, 0.2) is 93.6 Å². The molecule has 11 rings (SSSR count). The first-order valence-corrected chi connectivity index (χ1v) is 31.5. The molecule has 5 amide bonds. The molecule has 10 bridgehead atoms. The van der Waals surface area contributed by atoms with Crippen LogP contribution in [0.1, 0.15) is 122 Å². The number of amides is 5. The number of nitrogens with two attached hydrogens (primary N) is 2. The molecule has 1 fully saturated rings. The van der Waals surface area contributed by atoms with Gasteiger partial charge in [-0.3, -0.25) is 28.8 Å². The molecule has 0 radical (unpaired) electrons. The maximum absolute atomic E-state index is 15.3. The van der Waals surface area contributed by atoms with Crippen LogP contribution >= 0.6 is 68.0 Å². The molecular weight excluding hydrogens is 1210 g/mol. The molecule has 7 atom stereocenters. The van der Waals surface area contributed by atoms with Gasteiger partial charge in [0.25, 0.3) is 17.7 Å². The summed E-state index contributed by atoms with van der Waals surface area (Å²) in [7, 11) is 0. The molecule has 434 valence electrons. The number of Topliss-reactive ketones (excluding diaryl/α,β-unsaturated/α-hetero) is 1. The van der Waals surface area contributed by atoms with Gasteiger partial charge in [-0.25, -0.2) is 39.7 Å². The van der Waals surface area contributed by atoms with Crippen LogP contribution in [0.4, 0.5) is 0 Å². The maximum Gasteiger partial charge on any atom is 0.329 e. The van der Waals surface area contributed by atoms with Gasteiger partial charge in [0.05, 0.1) is 41.4 Å². The van der Waals surface area contributed by atoms with Crippen LogP contribution in [-0.2, 0) is 25.5 Å². The molecule has 22 nitrogen and oxygen atoms in total. The Kier molecular flexibility index (Phi) is 17.1. The van der Waals surface area contributed by atoms with Crippen LogP contribution in [0.25, 0.3) is 43.4 Å². The highest BCUT2D eigenvalue weighted by Crippen LogP contribution is 2.44. The average molecular weight is 1260 g/mol. The molecule has 0 spiro atoms. The van der Waals surface area contributed by atoms with Gasteiger partial charge in [0.2, 0.25) is 11.8 Å². The number of ether oxygens (including phenoxy) is 1. The number of fused-ring (bicyclic) bond motifs is 16. The van der Waals surface area contributed by atoms with Gasteiger partial charge in [-0.15, -0.1) is 68.0 Å². The van der Waals surface area contributed by atoms with Crippen LogP contribution in [0.2, 0.25) is 0 Å². The minimum Gasteiger partial charge on any atom is -0.480 e. The minimum atomic E-state index is -1.27. The number of rotatable bonds is 11. The van der Waals surface area contributed by atoms with Gasteiger partial charge in [-0.2, -0.15) is 0 Å². The standard InChI is InChI=1S/C57H50N12O10S6/c1-25-9-11-28(12-10-25)15-34-57(78)69-18-41(71)26(2)46(69)56-67-39(24-84-56)54-63-35(20-82-54)45-30(13-14-32(60-45)53-64-36(21-83-53)48(59)75)51-65-37(22-80-51)49(76)61-33(17-42(58)72)55-68-44(27(3)85-55)40(70)16-31(52-66-38(23-81-52)50(77)62-34)47(79-19-43(73)74)29-7-5-4-6-8-29/h4-14,20-24,26,31,33-34,41,46-47,71H,15-19H2,1-3H3,(H2,58,72)(H2,59,75)(H,61,76)(H,62,77)(H,73,74)/t26-,31-,33-,34-,41-,46-,47+/m0/s1. The third kappa shape index (κ3) is 12.6. The molecule has 7 aromatic heterocycles. The number of hydrogen-bond donors (Lipinski definition) is 6. The smallest absolute Gasteiger partial charge is 0.329 e. The number of carbonyl (C=O) groups is 7. The number of primary amides is 2. The zero-order chi connectivity index (χ0) is 59.8. The zero-order valence-electron chi connectivity index (χ0n) is 45.2. The highest BCUT2D eigenvalue weighted by Gasteiger charge is 2.46. The Hall–Kier alpha value is -8.22. The Balaban J connectivity index is 1.03. The quantitative estimate of drug-likeness (QED) is 0.0714. The van der Waals surface area contributed by atoms with E-state index in [2.05, 4.69) is 15.6 Å². The third-order valence-corrected chi connectivity index (χ3v) is 19.9. The number of benzene rings is 2. The molecule has 85 heavy (non-hydrogen) atoms. The van der Waals surface area contributed by atoms with Crippen molar-refractivity contribution in [3.05, 3.63) is 153 Å².